The van der Waals surface area contributed by atoms with E-state index in [9.17, 15) is 0 Å². The lowest BCUT2D eigenvalue weighted by molar-refractivity contribution is 0.308. The first-order valence-corrected chi connectivity index (χ1v) is 15.3. The van der Waals surface area contributed by atoms with Gasteiger partial charge in [-0.05, 0) is 46.6 Å². The summed E-state index contributed by atoms with van der Waals surface area (Å²) in [7, 11) is 0. The summed E-state index contributed by atoms with van der Waals surface area (Å²) in [5.41, 5.74) is 7.25. The van der Waals surface area contributed by atoms with E-state index >= 15 is 0 Å². The summed E-state index contributed by atoms with van der Waals surface area (Å²) in [5.74, 6) is 0.371. The number of hydrogen-bond acceptors (Lipinski definition) is 0. The number of halogens is 3. The molecular formula is C24H25Cl3Si. The molecule has 0 amide bonds. The van der Waals surface area contributed by atoms with Crippen LogP contribution >= 0.6 is 33.2 Å². The van der Waals surface area contributed by atoms with Gasteiger partial charge in [0, 0.05) is 5.92 Å². The van der Waals surface area contributed by atoms with Crippen molar-refractivity contribution in [3.8, 4) is 11.1 Å². The van der Waals surface area contributed by atoms with E-state index < -0.39 is 6.00 Å². The van der Waals surface area contributed by atoms with E-state index in [4.69, 9.17) is 33.2 Å². The highest BCUT2D eigenvalue weighted by Gasteiger charge is 2.43. The van der Waals surface area contributed by atoms with Gasteiger partial charge in [0.15, 0.2) is 0 Å². The Hall–Kier alpha value is -0.993. The van der Waals surface area contributed by atoms with Crippen molar-refractivity contribution in [1.82, 2.24) is 0 Å². The zero-order valence-electron chi connectivity index (χ0n) is 16.1. The molecule has 0 saturated carbocycles. The predicted octanol–water partition coefficient (Wildman–Crippen LogP) is 8.52. The predicted molar refractivity (Wildman–Crippen MR) is 126 cm³/mol. The topological polar surface area (TPSA) is 0 Å². The summed E-state index contributed by atoms with van der Waals surface area (Å²) in [6.45, 7) is 2.45. The van der Waals surface area contributed by atoms with Crippen molar-refractivity contribution in [3.63, 3.8) is 0 Å². The largest absolute Gasteiger partial charge is 0.341 e. The Morgan fingerprint density at radius 1 is 0.929 bits per heavy atom. The van der Waals surface area contributed by atoms with E-state index in [-0.39, 0.29) is 5.41 Å². The molecule has 4 rings (SSSR count). The molecule has 1 atom stereocenters. The van der Waals surface area contributed by atoms with Crippen molar-refractivity contribution in [2.75, 3.05) is 0 Å². The van der Waals surface area contributed by atoms with Crippen molar-refractivity contribution in [2.45, 2.75) is 44.6 Å². The lowest BCUT2D eigenvalue weighted by Crippen LogP contribution is -2.28. The molecule has 0 aromatic heterocycles. The van der Waals surface area contributed by atoms with Crippen LogP contribution in [0.15, 0.2) is 72.3 Å². The van der Waals surface area contributed by atoms with E-state index in [1.54, 1.807) is 0 Å². The van der Waals surface area contributed by atoms with Crippen LogP contribution in [0.25, 0.3) is 11.1 Å². The van der Waals surface area contributed by atoms with Crippen molar-refractivity contribution in [1.29, 1.82) is 0 Å². The molecular weight excluding hydrogens is 423 g/mol. The molecule has 0 saturated heterocycles. The second-order valence-corrected chi connectivity index (χ2v) is 17.5. The van der Waals surface area contributed by atoms with Gasteiger partial charge in [0.2, 0.25) is 0 Å². The highest BCUT2D eigenvalue weighted by molar-refractivity contribution is 7.64. The standard InChI is InChI=1S/C24H25Cl3Si/c1-24(18-10-2-3-11-18,16-8-9-17-28(25,26)27)23-21-14-6-4-12-19(21)20-13-5-7-15-22(20)23/h2-7,10,12-15,23H,8-9,11,16-17H2,1H3. The van der Waals surface area contributed by atoms with Crippen LogP contribution in [0.4, 0.5) is 0 Å². The normalized spacial score (nSPS) is 17.9. The Bertz CT molecular complexity index is 880. The van der Waals surface area contributed by atoms with Gasteiger partial charge in [-0.1, -0.05) is 92.1 Å². The molecule has 2 aliphatic carbocycles. The Labute approximate surface area is 183 Å². The lowest BCUT2D eigenvalue weighted by atomic mass is 9.64. The van der Waals surface area contributed by atoms with E-state index in [0.29, 0.717) is 5.92 Å². The van der Waals surface area contributed by atoms with Gasteiger partial charge in [-0.25, -0.2) is 0 Å². The van der Waals surface area contributed by atoms with Gasteiger partial charge in [0.1, 0.15) is 0 Å². The van der Waals surface area contributed by atoms with Crippen LogP contribution in [-0.4, -0.2) is 6.00 Å². The molecule has 0 fully saturated rings. The smallest absolute Gasteiger partial charge is 0.126 e. The zero-order chi connectivity index (χ0) is 19.8. The SMILES string of the molecule is CC(CCCC[Si](Cl)(Cl)Cl)(C1=CC=CC1)C1c2ccccc2-c2ccccc21. The van der Waals surface area contributed by atoms with Crippen molar-refractivity contribution >= 4 is 39.2 Å². The quantitative estimate of drug-likeness (QED) is 0.226. The van der Waals surface area contributed by atoms with Crippen LogP contribution in [0.1, 0.15) is 49.7 Å². The molecule has 2 aliphatic rings. The van der Waals surface area contributed by atoms with Gasteiger partial charge in [-0.15, -0.1) is 33.2 Å². The summed E-state index contributed by atoms with van der Waals surface area (Å²) >= 11 is 18.4. The first-order valence-electron chi connectivity index (χ1n) is 10.0. The second kappa shape index (κ2) is 8.03. The maximum Gasteiger partial charge on any atom is 0.341 e. The molecule has 28 heavy (non-hydrogen) atoms. The molecule has 0 N–H and O–H groups in total. The number of hydrogen-bond donors (Lipinski definition) is 0. The number of unbranched alkanes of at least 4 members (excludes halogenated alkanes) is 1. The number of allylic oxidation sites excluding steroid dienone is 4. The van der Waals surface area contributed by atoms with Gasteiger partial charge in [0.05, 0.1) is 0 Å². The average molecular weight is 448 g/mol. The van der Waals surface area contributed by atoms with E-state index in [0.717, 1.165) is 31.7 Å². The highest BCUT2D eigenvalue weighted by Crippen LogP contribution is 2.58. The molecule has 2 aromatic carbocycles. The van der Waals surface area contributed by atoms with Crippen molar-refractivity contribution in [2.24, 2.45) is 5.41 Å². The van der Waals surface area contributed by atoms with E-state index in [1.165, 1.54) is 27.8 Å². The highest BCUT2D eigenvalue weighted by atomic mass is 35.8. The molecule has 0 aliphatic heterocycles. The fourth-order valence-corrected chi connectivity index (χ4v) is 6.87. The van der Waals surface area contributed by atoms with Crippen LogP contribution in [-0.2, 0) is 0 Å². The molecule has 0 radical (unpaired) electrons. The molecule has 0 bridgehead atoms. The van der Waals surface area contributed by atoms with Gasteiger partial charge in [-0.2, -0.15) is 0 Å². The third-order valence-electron chi connectivity index (χ3n) is 6.38. The Balaban J connectivity index is 1.71. The van der Waals surface area contributed by atoms with E-state index in [2.05, 4.69) is 73.7 Å². The number of rotatable bonds is 7. The molecule has 2 aromatic rings. The maximum atomic E-state index is 6.12. The van der Waals surface area contributed by atoms with Gasteiger partial charge in [-0.3, -0.25) is 0 Å². The number of benzene rings is 2. The molecule has 1 unspecified atom stereocenters. The summed E-state index contributed by atoms with van der Waals surface area (Å²) in [6.07, 6.45) is 11.0. The average Bonchev–Trinajstić information content (AvgIpc) is 3.31. The molecule has 146 valence electrons. The zero-order valence-corrected chi connectivity index (χ0v) is 19.4. The van der Waals surface area contributed by atoms with Crippen molar-refractivity contribution in [3.05, 3.63) is 83.5 Å². The van der Waals surface area contributed by atoms with Crippen LogP contribution < -0.4 is 0 Å². The van der Waals surface area contributed by atoms with Gasteiger partial charge < -0.3 is 0 Å². The maximum absolute atomic E-state index is 6.12. The fourth-order valence-electron chi connectivity index (χ4n) is 5.02. The Morgan fingerprint density at radius 2 is 1.54 bits per heavy atom. The minimum atomic E-state index is -2.54. The first kappa shape index (κ1) is 20.3. The lowest BCUT2D eigenvalue weighted by Gasteiger charge is -2.39. The number of fused-ring (bicyclic) bond motifs is 3. The molecule has 0 spiro atoms. The first-order chi connectivity index (χ1) is 13.4. The summed E-state index contributed by atoms with van der Waals surface area (Å²) in [6, 6.07) is 16.0. The van der Waals surface area contributed by atoms with Gasteiger partial charge in [0.25, 0.3) is 0 Å². The third kappa shape index (κ3) is 3.87. The molecule has 4 heteroatoms. The monoisotopic (exact) mass is 446 g/mol. The summed E-state index contributed by atoms with van der Waals surface area (Å²) in [4.78, 5) is 0. The third-order valence-corrected chi connectivity index (χ3v) is 9.00. The summed E-state index contributed by atoms with van der Waals surface area (Å²) < 4.78 is 0. The van der Waals surface area contributed by atoms with Crippen LogP contribution in [0.2, 0.25) is 6.04 Å². The molecule has 0 heterocycles. The molecule has 0 nitrogen and oxygen atoms in total. The minimum absolute atomic E-state index is 0.0569. The Morgan fingerprint density at radius 3 is 2.07 bits per heavy atom. The van der Waals surface area contributed by atoms with Crippen molar-refractivity contribution < 1.29 is 0 Å². The fraction of sp³-hybridized carbons (Fsp3) is 0.333. The Kier molecular flexibility index (Phi) is 5.82. The van der Waals surface area contributed by atoms with Crippen LogP contribution in [0, 0.1) is 5.41 Å². The van der Waals surface area contributed by atoms with Crippen LogP contribution in [0.3, 0.4) is 0 Å². The minimum Gasteiger partial charge on any atom is -0.126 e. The van der Waals surface area contributed by atoms with Gasteiger partial charge >= 0.3 is 6.00 Å². The summed E-state index contributed by atoms with van der Waals surface area (Å²) in [5, 5.41) is 0. The van der Waals surface area contributed by atoms with Crippen LogP contribution in [0.5, 0.6) is 0 Å². The second-order valence-electron chi connectivity index (χ2n) is 8.17. The van der Waals surface area contributed by atoms with E-state index in [1.807, 2.05) is 0 Å².